The maximum absolute atomic E-state index is 9.81. The van der Waals surface area contributed by atoms with Gasteiger partial charge in [-0.3, -0.25) is 10.1 Å². The van der Waals surface area contributed by atoms with Crippen molar-refractivity contribution in [2.75, 3.05) is 6.61 Å². The van der Waals surface area contributed by atoms with Crippen LogP contribution in [0.4, 0.5) is 0 Å². The second-order valence-electron chi connectivity index (χ2n) is 1.65. The van der Waals surface area contributed by atoms with Gasteiger partial charge in [-0.25, -0.2) is 0 Å². The number of nitro groups is 1. The summed E-state index contributed by atoms with van der Waals surface area (Å²) in [6, 6.07) is -1.04. The molecule has 0 rings (SSSR count). The van der Waals surface area contributed by atoms with Crippen LogP contribution < -0.4 is 0 Å². The van der Waals surface area contributed by atoms with E-state index in [0.29, 0.717) is 0 Å². The van der Waals surface area contributed by atoms with Gasteiger partial charge < -0.3 is 4.84 Å². The van der Waals surface area contributed by atoms with E-state index in [4.69, 9.17) is 0 Å². The summed E-state index contributed by atoms with van der Waals surface area (Å²) in [6.45, 7) is 0.726. The van der Waals surface area contributed by atoms with Gasteiger partial charge in [0.15, 0.2) is 6.61 Å². The molecule has 0 saturated heterocycles. The fraction of sp³-hybridized carbons (Fsp3) is 1.00. The second kappa shape index (κ2) is 3.59. The Labute approximate surface area is 55.8 Å². The van der Waals surface area contributed by atoms with E-state index in [1.54, 1.807) is 0 Å². The first kappa shape index (κ1) is 8.60. The number of hydrogen-bond acceptors (Lipinski definition) is 5. The van der Waals surface area contributed by atoms with E-state index < -0.39 is 22.7 Å². The molecule has 0 aliphatic rings. The van der Waals surface area contributed by atoms with Crippen LogP contribution in [-0.2, 0) is 4.84 Å². The van der Waals surface area contributed by atoms with Crippen LogP contribution in [0, 0.1) is 20.2 Å². The summed E-state index contributed by atoms with van der Waals surface area (Å²) in [5.74, 6) is 0. The summed E-state index contributed by atoms with van der Waals surface area (Å²) in [4.78, 5) is 22.4. The lowest BCUT2D eigenvalue weighted by Gasteiger charge is -1.99. The maximum Gasteiger partial charge on any atom is 0.294 e. The molecule has 7 heteroatoms. The van der Waals surface area contributed by atoms with Crippen LogP contribution in [0.1, 0.15) is 6.92 Å². The van der Waals surface area contributed by atoms with Gasteiger partial charge in [0.2, 0.25) is 6.04 Å². The van der Waals surface area contributed by atoms with E-state index in [-0.39, 0.29) is 0 Å². The van der Waals surface area contributed by atoms with Crippen molar-refractivity contribution in [1.82, 2.24) is 0 Å². The third kappa shape index (κ3) is 3.58. The number of rotatable bonds is 4. The van der Waals surface area contributed by atoms with Gasteiger partial charge in [0.05, 0.1) is 0 Å². The lowest BCUT2D eigenvalue weighted by Crippen LogP contribution is -2.23. The van der Waals surface area contributed by atoms with Crippen LogP contribution in [0.2, 0.25) is 0 Å². The molecule has 0 aromatic carbocycles. The number of hydrogen-bond donors (Lipinski definition) is 0. The van der Waals surface area contributed by atoms with Gasteiger partial charge in [-0.15, -0.1) is 10.1 Å². The Morgan fingerprint density at radius 1 is 1.50 bits per heavy atom. The highest BCUT2D eigenvalue weighted by atomic mass is 17.0. The molecule has 0 spiro atoms. The third-order valence-corrected chi connectivity index (χ3v) is 0.781. The molecule has 10 heavy (non-hydrogen) atoms. The molecule has 58 valence electrons. The largest absolute Gasteiger partial charge is 0.307 e. The summed E-state index contributed by atoms with van der Waals surface area (Å²) >= 11 is 0. The molecule has 0 N–H and O–H groups in total. The Balaban J connectivity index is 3.49. The van der Waals surface area contributed by atoms with E-state index in [1.807, 2.05) is 0 Å². The van der Waals surface area contributed by atoms with Crippen molar-refractivity contribution < 1.29 is 14.8 Å². The van der Waals surface area contributed by atoms with Gasteiger partial charge >= 0.3 is 0 Å². The van der Waals surface area contributed by atoms with E-state index in [1.165, 1.54) is 6.92 Å². The molecule has 7 nitrogen and oxygen atoms in total. The van der Waals surface area contributed by atoms with Crippen molar-refractivity contribution in [3.8, 4) is 0 Å². The van der Waals surface area contributed by atoms with Crippen molar-refractivity contribution in [2.45, 2.75) is 13.0 Å². The van der Waals surface area contributed by atoms with Gasteiger partial charge in [0.1, 0.15) is 0 Å². The van der Waals surface area contributed by atoms with Gasteiger partial charge in [0, 0.05) is 11.8 Å². The first-order chi connectivity index (χ1) is 4.54. The van der Waals surface area contributed by atoms with Crippen LogP contribution in [-0.4, -0.2) is 22.7 Å². The van der Waals surface area contributed by atoms with Crippen molar-refractivity contribution in [3.63, 3.8) is 0 Å². The molecule has 0 aromatic rings. The van der Waals surface area contributed by atoms with Crippen LogP contribution in [0.25, 0.3) is 0 Å². The molecular weight excluding hydrogens is 144 g/mol. The minimum atomic E-state index is -1.06. The maximum atomic E-state index is 9.81. The highest BCUT2D eigenvalue weighted by Crippen LogP contribution is 1.88. The van der Waals surface area contributed by atoms with E-state index in [2.05, 4.69) is 4.84 Å². The fourth-order valence-corrected chi connectivity index (χ4v) is 0.230. The molecular formula is C3H6N2O5. The summed E-state index contributed by atoms with van der Waals surface area (Å²) in [5.41, 5.74) is 0. The molecule has 0 aliphatic carbocycles. The first-order valence-corrected chi connectivity index (χ1v) is 2.45. The molecule has 0 aliphatic heterocycles. The summed E-state index contributed by atoms with van der Waals surface area (Å²) in [6.07, 6.45) is 0. The summed E-state index contributed by atoms with van der Waals surface area (Å²) in [7, 11) is 0. The van der Waals surface area contributed by atoms with E-state index in [0.717, 1.165) is 0 Å². The van der Waals surface area contributed by atoms with Crippen LogP contribution in [0.5, 0.6) is 0 Å². The van der Waals surface area contributed by atoms with Gasteiger partial charge in [0.25, 0.3) is 5.09 Å². The second-order valence-corrected chi connectivity index (χ2v) is 1.65. The lowest BCUT2D eigenvalue weighted by molar-refractivity contribution is -0.765. The quantitative estimate of drug-likeness (QED) is 0.410. The Morgan fingerprint density at radius 3 is 2.30 bits per heavy atom. The lowest BCUT2D eigenvalue weighted by atomic mass is 10.4. The minimum Gasteiger partial charge on any atom is -0.307 e. The topological polar surface area (TPSA) is 95.5 Å². The molecule has 1 atom stereocenters. The smallest absolute Gasteiger partial charge is 0.294 e. The standard InChI is InChI=1S/C3H6N2O5/c1-3(4(6)7)2-10-5(8)9/h3H,2H2,1H3. The van der Waals surface area contributed by atoms with E-state index in [9.17, 15) is 20.2 Å². The predicted molar refractivity (Wildman–Crippen MR) is 29.4 cm³/mol. The SMILES string of the molecule is CC(CO[N+](=O)[O-])[N+](=O)[O-]. The summed E-state index contributed by atoms with van der Waals surface area (Å²) < 4.78 is 0. The molecule has 0 saturated carbocycles. The molecule has 1 unspecified atom stereocenters. The molecule has 0 bridgehead atoms. The van der Waals surface area contributed by atoms with E-state index >= 15 is 0 Å². The molecule has 0 fully saturated rings. The van der Waals surface area contributed by atoms with Crippen molar-refractivity contribution in [3.05, 3.63) is 20.2 Å². The minimum absolute atomic E-state index is 0.500. The van der Waals surface area contributed by atoms with Crippen LogP contribution in [0.15, 0.2) is 0 Å². The highest BCUT2D eigenvalue weighted by molar-refractivity contribution is 4.40. The Kier molecular flexibility index (Phi) is 3.09. The zero-order valence-corrected chi connectivity index (χ0v) is 5.22. The fourth-order valence-electron chi connectivity index (χ4n) is 0.230. The van der Waals surface area contributed by atoms with Crippen LogP contribution in [0.3, 0.4) is 0 Å². The Morgan fingerprint density at radius 2 is 2.00 bits per heavy atom. The highest BCUT2D eigenvalue weighted by Gasteiger charge is 2.13. The Hall–Kier alpha value is -1.40. The van der Waals surface area contributed by atoms with Crippen LogP contribution >= 0.6 is 0 Å². The zero-order chi connectivity index (χ0) is 8.15. The van der Waals surface area contributed by atoms with Crippen molar-refractivity contribution in [1.29, 1.82) is 0 Å². The molecule has 0 amide bonds. The Bertz CT molecular complexity index is 146. The normalized spacial score (nSPS) is 12.1. The van der Waals surface area contributed by atoms with Gasteiger partial charge in [-0.05, 0) is 0 Å². The van der Waals surface area contributed by atoms with Gasteiger partial charge in [-0.1, -0.05) is 0 Å². The zero-order valence-electron chi connectivity index (χ0n) is 5.22. The van der Waals surface area contributed by atoms with Gasteiger partial charge in [-0.2, -0.15) is 0 Å². The van der Waals surface area contributed by atoms with Crippen molar-refractivity contribution in [2.24, 2.45) is 0 Å². The summed E-state index contributed by atoms with van der Waals surface area (Å²) in [5, 5.41) is 18.2. The number of nitrogens with zero attached hydrogens (tertiary/aromatic N) is 2. The molecule has 0 aromatic heterocycles. The molecule has 0 radical (unpaired) electrons. The molecule has 0 heterocycles. The predicted octanol–water partition coefficient (Wildman–Crippen LogP) is -0.140. The third-order valence-electron chi connectivity index (χ3n) is 0.781. The average molecular weight is 150 g/mol. The average Bonchev–Trinajstić information content (AvgIpc) is 1.82. The van der Waals surface area contributed by atoms with Crippen molar-refractivity contribution >= 4 is 0 Å². The first-order valence-electron chi connectivity index (χ1n) is 2.45. The monoisotopic (exact) mass is 150 g/mol.